The van der Waals surface area contributed by atoms with Crippen LogP contribution >= 0.6 is 0 Å². The van der Waals surface area contributed by atoms with Crippen molar-refractivity contribution in [3.05, 3.63) is 65.2 Å². The van der Waals surface area contributed by atoms with Crippen LogP contribution in [0.5, 0.6) is 0 Å². The zero-order valence-corrected chi connectivity index (χ0v) is 16.2. The van der Waals surface area contributed by atoms with E-state index < -0.39 is 27.5 Å². The van der Waals surface area contributed by atoms with Crippen molar-refractivity contribution in [3.63, 3.8) is 0 Å². The molecule has 0 aliphatic rings. The number of esters is 1. The lowest BCUT2D eigenvalue weighted by molar-refractivity contribution is -0.113. The van der Waals surface area contributed by atoms with Crippen molar-refractivity contribution in [2.24, 2.45) is 0 Å². The van der Waals surface area contributed by atoms with Crippen LogP contribution in [0, 0.1) is 6.92 Å². The number of nitrogens with one attached hydrogen (secondary N) is 1. The fourth-order valence-corrected chi connectivity index (χ4v) is 3.71. The lowest BCUT2D eigenvalue weighted by atomic mass is 10.1. The second-order valence-electron chi connectivity index (χ2n) is 6.28. The van der Waals surface area contributed by atoms with E-state index in [2.05, 4.69) is 5.32 Å². The van der Waals surface area contributed by atoms with Crippen molar-refractivity contribution < 1.29 is 22.7 Å². The summed E-state index contributed by atoms with van der Waals surface area (Å²) in [5.41, 5.74) is 2.39. The molecule has 2 rings (SSSR count). The van der Waals surface area contributed by atoms with Gasteiger partial charge in [0.2, 0.25) is 5.91 Å². The van der Waals surface area contributed by atoms with E-state index in [4.69, 9.17) is 4.74 Å². The molecule has 0 aliphatic heterocycles. The number of hydrogen-bond acceptors (Lipinski definition) is 5. The normalized spacial score (nSPS) is 11.0. The standard InChI is InChI=1S/C20H23NO5S/c1-3-11-26-20(23)17-9-7-16(8-10-17)13-27(24,25)14-19(22)21-18-6-4-5-15(2)12-18/h4-10,12H,3,11,13-14H2,1-2H3,(H,21,22). The summed E-state index contributed by atoms with van der Waals surface area (Å²) in [5, 5.41) is 2.59. The number of anilines is 1. The van der Waals surface area contributed by atoms with Gasteiger partial charge in [-0.25, -0.2) is 13.2 Å². The summed E-state index contributed by atoms with van der Waals surface area (Å²) in [6, 6.07) is 13.3. The first-order chi connectivity index (χ1) is 12.8. The van der Waals surface area contributed by atoms with Gasteiger partial charge in [-0.2, -0.15) is 0 Å². The van der Waals surface area contributed by atoms with Crippen LogP contribution in [0.25, 0.3) is 0 Å². The van der Waals surface area contributed by atoms with Gasteiger partial charge in [0.25, 0.3) is 0 Å². The first-order valence-corrected chi connectivity index (χ1v) is 10.4. The average Bonchev–Trinajstić information content (AvgIpc) is 2.59. The summed E-state index contributed by atoms with van der Waals surface area (Å²) in [6.07, 6.45) is 0.729. The summed E-state index contributed by atoms with van der Waals surface area (Å²) in [5.74, 6) is -1.91. The molecule has 0 unspecified atom stereocenters. The first kappa shape index (κ1) is 20.6. The molecule has 0 bridgehead atoms. The van der Waals surface area contributed by atoms with E-state index in [0.717, 1.165) is 12.0 Å². The average molecular weight is 389 g/mol. The molecule has 0 aliphatic carbocycles. The van der Waals surface area contributed by atoms with Crippen LogP contribution in [0.2, 0.25) is 0 Å². The highest BCUT2D eigenvalue weighted by Gasteiger charge is 2.18. The minimum atomic E-state index is -3.64. The van der Waals surface area contributed by atoms with Crippen LogP contribution in [-0.2, 0) is 25.1 Å². The number of benzene rings is 2. The minimum absolute atomic E-state index is 0.279. The van der Waals surface area contributed by atoms with Gasteiger partial charge < -0.3 is 10.1 Å². The Morgan fingerprint density at radius 1 is 1.07 bits per heavy atom. The number of carbonyl (C=O) groups is 2. The molecule has 7 heteroatoms. The zero-order chi connectivity index (χ0) is 19.9. The molecular weight excluding hydrogens is 366 g/mol. The Kier molecular flexibility index (Phi) is 7.12. The molecule has 0 heterocycles. The van der Waals surface area contributed by atoms with E-state index in [1.807, 2.05) is 19.9 Å². The molecule has 27 heavy (non-hydrogen) atoms. The lowest BCUT2D eigenvalue weighted by Crippen LogP contribution is -2.24. The van der Waals surface area contributed by atoms with Gasteiger partial charge in [0.1, 0.15) is 5.75 Å². The van der Waals surface area contributed by atoms with Crippen molar-refractivity contribution in [1.82, 2.24) is 0 Å². The highest BCUT2D eigenvalue weighted by atomic mass is 32.2. The van der Waals surface area contributed by atoms with Crippen molar-refractivity contribution in [2.45, 2.75) is 26.0 Å². The number of sulfone groups is 1. The molecule has 6 nitrogen and oxygen atoms in total. The van der Waals surface area contributed by atoms with Crippen molar-refractivity contribution >= 4 is 27.4 Å². The maximum Gasteiger partial charge on any atom is 0.338 e. The molecular formula is C20H23NO5S. The number of ether oxygens (including phenoxy) is 1. The van der Waals surface area contributed by atoms with Crippen LogP contribution in [0.3, 0.4) is 0 Å². The molecule has 1 amide bonds. The quantitative estimate of drug-likeness (QED) is 0.701. The maximum atomic E-state index is 12.3. The van der Waals surface area contributed by atoms with Gasteiger partial charge in [0, 0.05) is 5.69 Å². The molecule has 0 spiro atoms. The van der Waals surface area contributed by atoms with E-state index in [9.17, 15) is 18.0 Å². The van der Waals surface area contributed by atoms with Crippen LogP contribution in [0.15, 0.2) is 48.5 Å². The second-order valence-corrected chi connectivity index (χ2v) is 8.35. The van der Waals surface area contributed by atoms with Gasteiger partial charge in [-0.15, -0.1) is 0 Å². The van der Waals surface area contributed by atoms with Gasteiger partial charge in [0.15, 0.2) is 9.84 Å². The molecule has 0 fully saturated rings. The number of hydrogen-bond donors (Lipinski definition) is 1. The fourth-order valence-electron chi connectivity index (χ4n) is 2.44. The predicted molar refractivity (Wildman–Crippen MR) is 104 cm³/mol. The third-order valence-corrected chi connectivity index (χ3v) is 5.14. The predicted octanol–water partition coefficient (Wildman–Crippen LogP) is 3.12. The van der Waals surface area contributed by atoms with E-state index >= 15 is 0 Å². The third-order valence-electron chi connectivity index (χ3n) is 3.67. The Morgan fingerprint density at radius 3 is 2.41 bits per heavy atom. The Balaban J connectivity index is 1.95. The summed E-state index contributed by atoms with van der Waals surface area (Å²) in [4.78, 5) is 23.8. The van der Waals surface area contributed by atoms with Crippen molar-refractivity contribution in [1.29, 1.82) is 0 Å². The number of aryl methyl sites for hydroxylation is 1. The smallest absolute Gasteiger partial charge is 0.338 e. The van der Waals surface area contributed by atoms with E-state index in [-0.39, 0.29) is 5.75 Å². The zero-order valence-electron chi connectivity index (χ0n) is 15.4. The summed E-state index contributed by atoms with van der Waals surface area (Å²) in [7, 11) is -3.64. The summed E-state index contributed by atoms with van der Waals surface area (Å²) >= 11 is 0. The van der Waals surface area contributed by atoms with Crippen molar-refractivity contribution in [2.75, 3.05) is 17.7 Å². The van der Waals surface area contributed by atoms with Gasteiger partial charge in [-0.3, -0.25) is 4.79 Å². The second kappa shape index (κ2) is 9.32. The molecule has 1 N–H and O–H groups in total. The minimum Gasteiger partial charge on any atom is -0.462 e. The maximum absolute atomic E-state index is 12.3. The number of rotatable bonds is 8. The number of amides is 1. The highest BCUT2D eigenvalue weighted by Crippen LogP contribution is 2.12. The molecule has 144 valence electrons. The number of carbonyl (C=O) groups excluding carboxylic acids is 2. The van der Waals surface area contributed by atoms with Crippen LogP contribution in [0.1, 0.15) is 34.8 Å². The van der Waals surface area contributed by atoms with E-state index in [0.29, 0.717) is 23.4 Å². The molecule has 2 aromatic carbocycles. The SMILES string of the molecule is CCCOC(=O)c1ccc(CS(=O)(=O)CC(=O)Nc2cccc(C)c2)cc1. The first-order valence-electron chi connectivity index (χ1n) is 8.62. The summed E-state index contributed by atoms with van der Waals surface area (Å²) in [6.45, 7) is 4.12. The Bertz CT molecular complexity index is 904. The van der Waals surface area contributed by atoms with Crippen LogP contribution in [0.4, 0.5) is 5.69 Å². The molecule has 0 aromatic heterocycles. The van der Waals surface area contributed by atoms with Gasteiger partial charge in [-0.05, 0) is 48.7 Å². The Labute approximate surface area is 159 Å². The summed E-state index contributed by atoms with van der Waals surface area (Å²) < 4.78 is 29.6. The molecule has 0 saturated carbocycles. The van der Waals surface area contributed by atoms with E-state index in [1.54, 1.807) is 30.3 Å². The third kappa shape index (κ3) is 6.86. The van der Waals surface area contributed by atoms with Crippen LogP contribution < -0.4 is 5.32 Å². The highest BCUT2D eigenvalue weighted by molar-refractivity contribution is 7.91. The van der Waals surface area contributed by atoms with Crippen LogP contribution in [-0.4, -0.2) is 32.7 Å². The fraction of sp³-hybridized carbons (Fsp3) is 0.300. The molecule has 0 saturated heterocycles. The Morgan fingerprint density at radius 2 is 1.78 bits per heavy atom. The monoisotopic (exact) mass is 389 g/mol. The lowest BCUT2D eigenvalue weighted by Gasteiger charge is -2.08. The van der Waals surface area contributed by atoms with Crippen molar-refractivity contribution in [3.8, 4) is 0 Å². The largest absolute Gasteiger partial charge is 0.462 e. The molecule has 0 radical (unpaired) electrons. The van der Waals surface area contributed by atoms with Gasteiger partial charge >= 0.3 is 5.97 Å². The topological polar surface area (TPSA) is 89.5 Å². The van der Waals surface area contributed by atoms with E-state index in [1.165, 1.54) is 12.1 Å². The van der Waals surface area contributed by atoms with Gasteiger partial charge in [0.05, 0.1) is 17.9 Å². The Hall–Kier alpha value is -2.67. The van der Waals surface area contributed by atoms with Gasteiger partial charge in [-0.1, -0.05) is 31.2 Å². The molecule has 2 aromatic rings. The molecule has 0 atom stereocenters.